The van der Waals surface area contributed by atoms with Crippen LogP contribution < -0.4 is 4.90 Å². The Morgan fingerprint density at radius 2 is 2.00 bits per heavy atom. The lowest BCUT2D eigenvalue weighted by atomic mass is 9.95. The van der Waals surface area contributed by atoms with Crippen LogP contribution in [-0.4, -0.2) is 37.0 Å². The van der Waals surface area contributed by atoms with Crippen LogP contribution in [0.4, 0.5) is 0 Å². The number of piperidine rings is 1. The standard InChI is InChI=1S/C19H30N2O/c1-5-21(6-2)19(22)17-8-7-11-20(13-17)14-18-12-15(3)9-10-16(18)4/h9-10,12,17H,5-8,11,13-14H2,1-4H3/p+1/t17-/m1/s1. The molecule has 0 aliphatic carbocycles. The SMILES string of the molecule is CCN(CC)C(=O)[C@@H]1CCC[NH+](Cc2cc(C)ccc2C)C1. The third-order valence-electron chi connectivity index (χ3n) is 4.99. The zero-order chi connectivity index (χ0) is 16.1. The van der Waals surface area contributed by atoms with Crippen molar-refractivity contribution < 1.29 is 9.69 Å². The molecular weight excluding hydrogens is 272 g/mol. The van der Waals surface area contributed by atoms with Gasteiger partial charge in [-0.25, -0.2) is 0 Å². The lowest BCUT2D eigenvalue weighted by Crippen LogP contribution is -3.12. The molecule has 1 aliphatic rings. The van der Waals surface area contributed by atoms with Gasteiger partial charge in [-0.05, 0) is 46.1 Å². The van der Waals surface area contributed by atoms with Crippen molar-refractivity contribution in [3.63, 3.8) is 0 Å². The predicted octanol–water partition coefficient (Wildman–Crippen LogP) is 1.97. The molecule has 0 bridgehead atoms. The molecule has 22 heavy (non-hydrogen) atoms. The molecule has 1 aromatic rings. The minimum atomic E-state index is 0.216. The lowest BCUT2D eigenvalue weighted by Gasteiger charge is -2.32. The molecule has 0 aromatic heterocycles. The lowest BCUT2D eigenvalue weighted by molar-refractivity contribution is -0.921. The highest BCUT2D eigenvalue weighted by atomic mass is 16.2. The van der Waals surface area contributed by atoms with Crippen LogP contribution in [0.2, 0.25) is 0 Å². The van der Waals surface area contributed by atoms with Gasteiger partial charge in [-0.3, -0.25) is 4.79 Å². The summed E-state index contributed by atoms with van der Waals surface area (Å²) in [5, 5.41) is 0. The highest BCUT2D eigenvalue weighted by molar-refractivity contribution is 5.78. The Balaban J connectivity index is 2.01. The van der Waals surface area contributed by atoms with Crippen LogP contribution in [0.15, 0.2) is 18.2 Å². The molecule has 0 radical (unpaired) electrons. The van der Waals surface area contributed by atoms with E-state index in [0.29, 0.717) is 5.91 Å². The molecule has 2 atom stereocenters. The van der Waals surface area contributed by atoms with Crippen LogP contribution in [-0.2, 0) is 11.3 Å². The van der Waals surface area contributed by atoms with Gasteiger partial charge in [0.25, 0.3) is 0 Å². The maximum atomic E-state index is 12.6. The van der Waals surface area contributed by atoms with Crippen LogP contribution >= 0.6 is 0 Å². The molecule has 1 fully saturated rings. The molecule has 1 unspecified atom stereocenters. The first kappa shape index (κ1) is 17.0. The number of carbonyl (C=O) groups excluding carboxylic acids is 1. The molecule has 1 aliphatic heterocycles. The van der Waals surface area contributed by atoms with E-state index in [-0.39, 0.29) is 5.92 Å². The summed E-state index contributed by atoms with van der Waals surface area (Å²) in [5.74, 6) is 0.580. The van der Waals surface area contributed by atoms with Crippen LogP contribution in [0.5, 0.6) is 0 Å². The molecule has 1 N–H and O–H groups in total. The first-order valence-electron chi connectivity index (χ1n) is 8.73. The number of amides is 1. The molecule has 0 spiro atoms. The zero-order valence-electron chi connectivity index (χ0n) is 14.6. The van der Waals surface area contributed by atoms with Gasteiger partial charge in [-0.1, -0.05) is 23.8 Å². The van der Waals surface area contributed by atoms with E-state index in [9.17, 15) is 4.79 Å². The van der Waals surface area contributed by atoms with E-state index in [1.807, 2.05) is 4.90 Å². The molecule has 2 rings (SSSR count). The molecule has 1 amide bonds. The molecule has 3 nitrogen and oxygen atoms in total. The second-order valence-electron chi connectivity index (χ2n) is 6.66. The maximum Gasteiger partial charge on any atom is 0.231 e. The number of likely N-dealkylation sites (tertiary alicyclic amines) is 1. The van der Waals surface area contributed by atoms with Crippen molar-refractivity contribution in [3.05, 3.63) is 34.9 Å². The van der Waals surface area contributed by atoms with E-state index in [4.69, 9.17) is 0 Å². The van der Waals surface area contributed by atoms with E-state index in [0.717, 1.165) is 39.0 Å². The van der Waals surface area contributed by atoms with Gasteiger partial charge in [0.15, 0.2) is 0 Å². The maximum absolute atomic E-state index is 12.6. The van der Waals surface area contributed by atoms with Crippen LogP contribution in [0.1, 0.15) is 43.4 Å². The van der Waals surface area contributed by atoms with Gasteiger partial charge in [-0.2, -0.15) is 0 Å². The predicted molar refractivity (Wildman–Crippen MR) is 91.0 cm³/mol. The summed E-state index contributed by atoms with van der Waals surface area (Å²) in [5.41, 5.74) is 4.13. The van der Waals surface area contributed by atoms with Gasteiger partial charge in [0.1, 0.15) is 6.54 Å². The van der Waals surface area contributed by atoms with Crippen molar-refractivity contribution in [2.24, 2.45) is 5.92 Å². The summed E-state index contributed by atoms with van der Waals surface area (Å²) in [7, 11) is 0. The Morgan fingerprint density at radius 1 is 1.27 bits per heavy atom. The Kier molecular flexibility index (Phi) is 6.01. The largest absolute Gasteiger partial charge is 0.343 e. The van der Waals surface area contributed by atoms with E-state index in [2.05, 4.69) is 45.9 Å². The van der Waals surface area contributed by atoms with Crippen LogP contribution in [0, 0.1) is 19.8 Å². The Bertz CT molecular complexity index is 508. The van der Waals surface area contributed by atoms with Gasteiger partial charge in [-0.15, -0.1) is 0 Å². The van der Waals surface area contributed by atoms with Crippen molar-refractivity contribution in [1.29, 1.82) is 0 Å². The minimum Gasteiger partial charge on any atom is -0.343 e. The third kappa shape index (κ3) is 4.10. The smallest absolute Gasteiger partial charge is 0.231 e. The van der Waals surface area contributed by atoms with Crippen LogP contribution in [0.3, 0.4) is 0 Å². The fourth-order valence-electron chi connectivity index (χ4n) is 3.58. The van der Waals surface area contributed by atoms with Crippen molar-refractivity contribution in [2.75, 3.05) is 26.2 Å². The average Bonchev–Trinajstić information content (AvgIpc) is 2.52. The first-order valence-corrected chi connectivity index (χ1v) is 8.73. The third-order valence-corrected chi connectivity index (χ3v) is 4.99. The number of nitrogens with one attached hydrogen (secondary N) is 1. The average molecular weight is 303 g/mol. The Morgan fingerprint density at radius 3 is 2.68 bits per heavy atom. The summed E-state index contributed by atoms with van der Waals surface area (Å²) >= 11 is 0. The molecule has 1 heterocycles. The summed E-state index contributed by atoms with van der Waals surface area (Å²) in [6.45, 7) is 13.4. The molecule has 0 saturated carbocycles. The van der Waals surface area contributed by atoms with E-state index >= 15 is 0 Å². The molecule has 1 saturated heterocycles. The fourth-order valence-corrected chi connectivity index (χ4v) is 3.58. The van der Waals surface area contributed by atoms with Crippen molar-refractivity contribution >= 4 is 5.91 Å². The molecule has 1 aromatic carbocycles. The van der Waals surface area contributed by atoms with E-state index in [1.54, 1.807) is 4.90 Å². The van der Waals surface area contributed by atoms with Crippen molar-refractivity contribution in [3.8, 4) is 0 Å². The second kappa shape index (κ2) is 7.77. The van der Waals surface area contributed by atoms with E-state index < -0.39 is 0 Å². The number of hydrogen-bond acceptors (Lipinski definition) is 1. The normalized spacial score (nSPS) is 21.6. The molecule has 3 heteroatoms. The first-order chi connectivity index (χ1) is 10.5. The Labute approximate surface area is 135 Å². The Hall–Kier alpha value is -1.35. The highest BCUT2D eigenvalue weighted by Gasteiger charge is 2.31. The zero-order valence-corrected chi connectivity index (χ0v) is 14.6. The van der Waals surface area contributed by atoms with Crippen LogP contribution in [0.25, 0.3) is 0 Å². The minimum absolute atomic E-state index is 0.216. The van der Waals surface area contributed by atoms with E-state index in [1.165, 1.54) is 23.2 Å². The number of carbonyl (C=O) groups is 1. The summed E-state index contributed by atoms with van der Waals surface area (Å²) in [6.07, 6.45) is 2.23. The summed E-state index contributed by atoms with van der Waals surface area (Å²) < 4.78 is 0. The monoisotopic (exact) mass is 303 g/mol. The summed E-state index contributed by atoms with van der Waals surface area (Å²) in [4.78, 5) is 16.1. The summed E-state index contributed by atoms with van der Waals surface area (Å²) in [6, 6.07) is 6.70. The van der Waals surface area contributed by atoms with Crippen molar-refractivity contribution in [1.82, 2.24) is 4.90 Å². The quantitative estimate of drug-likeness (QED) is 0.884. The molecular formula is C19H31N2O+. The van der Waals surface area contributed by atoms with Gasteiger partial charge in [0.05, 0.1) is 19.0 Å². The number of nitrogens with zero attached hydrogens (tertiary/aromatic N) is 1. The highest BCUT2D eigenvalue weighted by Crippen LogP contribution is 2.13. The fraction of sp³-hybridized carbons (Fsp3) is 0.632. The number of aryl methyl sites for hydroxylation is 2. The van der Waals surface area contributed by atoms with Crippen molar-refractivity contribution in [2.45, 2.75) is 47.1 Å². The topological polar surface area (TPSA) is 24.8 Å². The second-order valence-corrected chi connectivity index (χ2v) is 6.66. The molecule has 122 valence electrons. The number of rotatable bonds is 5. The van der Waals surface area contributed by atoms with Gasteiger partial charge in [0.2, 0.25) is 5.91 Å². The van der Waals surface area contributed by atoms with Gasteiger partial charge in [0, 0.05) is 18.7 Å². The number of hydrogen-bond donors (Lipinski definition) is 1. The van der Waals surface area contributed by atoms with Gasteiger partial charge < -0.3 is 9.80 Å². The number of benzene rings is 1. The number of quaternary nitrogens is 1. The van der Waals surface area contributed by atoms with Gasteiger partial charge >= 0.3 is 0 Å².